The maximum atomic E-state index is 12.5. The van der Waals surface area contributed by atoms with E-state index < -0.39 is 4.92 Å². The van der Waals surface area contributed by atoms with Crippen molar-refractivity contribution < 1.29 is 14.5 Å². The summed E-state index contributed by atoms with van der Waals surface area (Å²) in [6.45, 7) is 4.29. The number of benzene rings is 3. The van der Waals surface area contributed by atoms with Crippen LogP contribution in [0.3, 0.4) is 0 Å². The summed E-state index contributed by atoms with van der Waals surface area (Å²) in [7, 11) is 1.95. The average Bonchev–Trinajstić information content (AvgIpc) is 3.12. The number of rotatable bonds is 5. The molecule has 190 valence electrons. The molecule has 0 radical (unpaired) electrons. The van der Waals surface area contributed by atoms with Crippen molar-refractivity contribution in [3.63, 3.8) is 0 Å². The fourth-order valence-electron chi connectivity index (χ4n) is 3.73. The Bertz CT molecular complexity index is 1400. The molecule has 0 aliphatic carbocycles. The van der Waals surface area contributed by atoms with Gasteiger partial charge in [0.1, 0.15) is 6.07 Å². The van der Waals surface area contributed by atoms with Gasteiger partial charge in [-0.25, -0.2) is 0 Å². The fourth-order valence-corrected chi connectivity index (χ4v) is 3.94. The van der Waals surface area contributed by atoms with Crippen molar-refractivity contribution in [2.75, 3.05) is 30.0 Å². The Morgan fingerprint density at radius 2 is 1.70 bits per heavy atom. The summed E-state index contributed by atoms with van der Waals surface area (Å²) in [6.07, 6.45) is 0. The van der Waals surface area contributed by atoms with Crippen LogP contribution in [0.2, 0.25) is 5.02 Å². The van der Waals surface area contributed by atoms with Crippen molar-refractivity contribution in [1.82, 2.24) is 4.90 Å². The molecule has 1 aliphatic rings. The molecule has 0 spiro atoms. The molecule has 0 fully saturated rings. The van der Waals surface area contributed by atoms with Gasteiger partial charge < -0.3 is 16.4 Å². The van der Waals surface area contributed by atoms with E-state index in [2.05, 4.69) is 4.90 Å². The van der Waals surface area contributed by atoms with Gasteiger partial charge in [0.2, 0.25) is 0 Å². The minimum absolute atomic E-state index is 0.0131. The van der Waals surface area contributed by atoms with Crippen LogP contribution in [0.25, 0.3) is 0 Å². The molecule has 1 atom stereocenters. The van der Waals surface area contributed by atoms with Crippen molar-refractivity contribution in [2.24, 2.45) is 0 Å². The molecule has 0 saturated carbocycles. The maximum absolute atomic E-state index is 12.5. The van der Waals surface area contributed by atoms with Crippen molar-refractivity contribution in [1.29, 1.82) is 5.26 Å². The van der Waals surface area contributed by atoms with Crippen LogP contribution in [0.5, 0.6) is 0 Å². The first-order valence-electron chi connectivity index (χ1n) is 11.1. The lowest BCUT2D eigenvalue weighted by molar-refractivity contribution is -0.384. The smallest absolute Gasteiger partial charge is 0.272 e. The Labute approximate surface area is 218 Å². The van der Waals surface area contributed by atoms with E-state index in [0.717, 1.165) is 29.1 Å². The van der Waals surface area contributed by atoms with Gasteiger partial charge in [-0.3, -0.25) is 24.6 Å². The second-order valence-corrected chi connectivity index (χ2v) is 8.93. The van der Waals surface area contributed by atoms with Gasteiger partial charge in [-0.2, -0.15) is 5.26 Å². The van der Waals surface area contributed by atoms with Crippen molar-refractivity contribution in [3.05, 3.63) is 92.0 Å². The Morgan fingerprint density at radius 3 is 2.22 bits per heavy atom. The number of nitrogen functional groups attached to an aromatic ring is 2. The quantitative estimate of drug-likeness (QED) is 0.216. The van der Waals surface area contributed by atoms with Crippen molar-refractivity contribution >= 4 is 46.2 Å². The Balaban J connectivity index is 0.000000248. The summed E-state index contributed by atoms with van der Waals surface area (Å²) in [6, 6.07) is 16.7. The molecule has 3 aromatic rings. The molecule has 0 saturated heterocycles. The van der Waals surface area contributed by atoms with Gasteiger partial charge in [-0.15, -0.1) is 0 Å². The lowest BCUT2D eigenvalue weighted by Crippen LogP contribution is -2.43. The van der Waals surface area contributed by atoms with Crippen LogP contribution in [0.4, 0.5) is 22.7 Å². The number of hydrogen-bond donors (Lipinski definition) is 2. The number of nitro benzene ring substituents is 1. The molecule has 4 rings (SSSR count). The van der Waals surface area contributed by atoms with Gasteiger partial charge >= 0.3 is 0 Å². The van der Waals surface area contributed by atoms with E-state index in [1.54, 1.807) is 30.3 Å². The highest BCUT2D eigenvalue weighted by Gasteiger charge is 2.36. The van der Waals surface area contributed by atoms with E-state index >= 15 is 0 Å². The number of nitro groups is 1. The Kier molecular flexibility index (Phi) is 8.00. The summed E-state index contributed by atoms with van der Waals surface area (Å²) >= 11 is 5.56. The van der Waals surface area contributed by atoms with Crippen molar-refractivity contribution in [3.8, 4) is 6.07 Å². The number of halogens is 1. The molecule has 11 heteroatoms. The number of carbonyl (C=O) groups excluding carboxylic acids is 2. The molecule has 37 heavy (non-hydrogen) atoms. The van der Waals surface area contributed by atoms with Gasteiger partial charge in [-0.05, 0) is 49.7 Å². The molecule has 2 amide bonds. The van der Waals surface area contributed by atoms with Crippen LogP contribution in [0.15, 0.2) is 54.6 Å². The molecule has 4 N–H and O–H groups in total. The van der Waals surface area contributed by atoms with Gasteiger partial charge in [0.05, 0.1) is 32.3 Å². The minimum atomic E-state index is -0.633. The first kappa shape index (κ1) is 27.0. The zero-order chi connectivity index (χ0) is 27.4. The summed E-state index contributed by atoms with van der Waals surface area (Å²) in [5, 5.41) is 18.9. The molecule has 10 nitrogen and oxygen atoms in total. The number of non-ortho nitro benzene ring substituents is 1. The number of carbonyl (C=O) groups is 2. The van der Waals surface area contributed by atoms with E-state index in [4.69, 9.17) is 28.3 Å². The molecule has 0 aromatic heterocycles. The predicted octanol–water partition coefficient (Wildman–Crippen LogP) is 4.40. The van der Waals surface area contributed by atoms with Gasteiger partial charge in [-0.1, -0.05) is 23.7 Å². The molecular weight excluding hydrogens is 496 g/mol. The number of nitrogens with two attached hydrogens (primary N) is 2. The normalized spacial score (nSPS) is 12.8. The highest BCUT2D eigenvalue weighted by atomic mass is 35.5. The molecule has 3 aromatic carbocycles. The highest BCUT2D eigenvalue weighted by molar-refractivity contribution is 6.33. The fraction of sp³-hybridized carbons (Fsp3) is 0.192. The van der Waals surface area contributed by atoms with E-state index in [9.17, 15) is 19.7 Å². The van der Waals surface area contributed by atoms with Crippen LogP contribution in [0.1, 0.15) is 38.8 Å². The van der Waals surface area contributed by atoms with Gasteiger partial charge in [0.15, 0.2) is 0 Å². The summed E-state index contributed by atoms with van der Waals surface area (Å²) in [5.41, 5.74) is 14.8. The largest absolute Gasteiger partial charge is 0.399 e. The topological polar surface area (TPSA) is 160 Å². The maximum Gasteiger partial charge on any atom is 0.272 e. The number of amides is 2. The highest BCUT2D eigenvalue weighted by Crippen LogP contribution is 2.28. The van der Waals surface area contributed by atoms with E-state index in [-0.39, 0.29) is 39.8 Å². The first-order valence-corrected chi connectivity index (χ1v) is 11.5. The van der Waals surface area contributed by atoms with E-state index in [0.29, 0.717) is 17.7 Å². The number of anilines is 3. The standard InChI is InChI=1S/C19H21N3O2.C7H4ClN3O2/c1-12-10-14(8-9-17(12)20)21(3)13(2)11-22-18(23)15-6-4-5-7-16(15)19(22)24;8-6-2-5(11(12)13)1-4(3-9)7(6)10/h4-10,13H,11,20H2,1-3H3;1-2H,10H2. The number of nitrogens with zero attached hydrogens (tertiary/aromatic N) is 4. The van der Waals surface area contributed by atoms with Crippen LogP contribution in [-0.2, 0) is 0 Å². The number of aryl methyl sites for hydroxylation is 1. The number of fused-ring (bicyclic) bond motifs is 1. The Hall–Kier alpha value is -4.62. The summed E-state index contributed by atoms with van der Waals surface area (Å²) < 4.78 is 0. The van der Waals surface area contributed by atoms with E-state index in [1.807, 2.05) is 39.1 Å². The molecule has 1 heterocycles. The summed E-state index contributed by atoms with van der Waals surface area (Å²) in [4.78, 5) is 38.0. The monoisotopic (exact) mass is 520 g/mol. The molecule has 0 bridgehead atoms. The number of nitriles is 1. The molecular formula is C26H25ClN6O4. The second kappa shape index (κ2) is 11.0. The number of hydrogen-bond acceptors (Lipinski definition) is 8. The number of likely N-dealkylation sites (N-methyl/N-ethyl adjacent to an activating group) is 1. The predicted molar refractivity (Wildman–Crippen MR) is 142 cm³/mol. The average molecular weight is 521 g/mol. The van der Waals surface area contributed by atoms with Crippen molar-refractivity contribution in [2.45, 2.75) is 19.9 Å². The Morgan fingerprint density at radius 1 is 1.11 bits per heavy atom. The van der Waals surface area contributed by atoms with Gasteiger partial charge in [0, 0.05) is 43.1 Å². The van der Waals surface area contributed by atoms with Crippen LogP contribution in [-0.4, -0.2) is 41.3 Å². The number of imide groups is 1. The third-order valence-corrected chi connectivity index (χ3v) is 6.41. The third-order valence-electron chi connectivity index (χ3n) is 6.09. The third kappa shape index (κ3) is 5.63. The van der Waals surface area contributed by atoms with E-state index in [1.165, 1.54) is 4.90 Å². The SMILES string of the molecule is Cc1cc(N(C)C(C)CN2C(=O)c3ccccc3C2=O)ccc1N.N#Cc1cc([N+](=O)[O-])cc(Cl)c1N. The first-order chi connectivity index (χ1) is 17.5. The molecule has 1 unspecified atom stereocenters. The second-order valence-electron chi connectivity index (χ2n) is 8.53. The zero-order valence-electron chi connectivity index (χ0n) is 20.4. The lowest BCUT2D eigenvalue weighted by atomic mass is 10.1. The van der Waals surface area contributed by atoms with Gasteiger partial charge in [0.25, 0.3) is 17.5 Å². The summed E-state index contributed by atoms with van der Waals surface area (Å²) in [5.74, 6) is -0.436. The lowest BCUT2D eigenvalue weighted by Gasteiger charge is -2.30. The minimum Gasteiger partial charge on any atom is -0.399 e. The van der Waals surface area contributed by atoms with Crippen LogP contribution in [0, 0.1) is 28.4 Å². The zero-order valence-corrected chi connectivity index (χ0v) is 21.2. The van der Waals surface area contributed by atoms with Crippen LogP contribution < -0.4 is 16.4 Å². The van der Waals surface area contributed by atoms with Crippen LogP contribution >= 0.6 is 11.6 Å². The molecule has 1 aliphatic heterocycles.